The lowest BCUT2D eigenvalue weighted by atomic mass is 9.83. The molecule has 0 spiro atoms. The highest BCUT2D eigenvalue weighted by atomic mass is 16.6. The summed E-state index contributed by atoms with van der Waals surface area (Å²) < 4.78 is 10.4. The molecular formula is C19H21N3O4. The number of nitrogens with zero attached hydrogens (tertiary/aromatic N) is 2. The van der Waals surface area contributed by atoms with Crippen LogP contribution in [0.15, 0.2) is 24.3 Å². The van der Waals surface area contributed by atoms with Crippen LogP contribution in [0.3, 0.4) is 0 Å². The summed E-state index contributed by atoms with van der Waals surface area (Å²) in [4.78, 5) is 24.2. The van der Waals surface area contributed by atoms with Crippen molar-refractivity contribution in [2.24, 2.45) is 0 Å². The molecule has 1 aromatic carbocycles. The van der Waals surface area contributed by atoms with Crippen LogP contribution in [0, 0.1) is 22.7 Å². The van der Waals surface area contributed by atoms with E-state index in [-0.39, 0.29) is 5.75 Å². The molecule has 0 radical (unpaired) electrons. The maximum atomic E-state index is 12.3. The van der Waals surface area contributed by atoms with Gasteiger partial charge in [0.05, 0.1) is 11.6 Å². The molecule has 1 aliphatic rings. The van der Waals surface area contributed by atoms with Crippen LogP contribution >= 0.6 is 0 Å². The predicted molar refractivity (Wildman–Crippen MR) is 91.8 cm³/mol. The zero-order chi connectivity index (χ0) is 19.0. The zero-order valence-electron chi connectivity index (χ0n) is 14.7. The molecule has 7 nitrogen and oxygen atoms in total. The zero-order valence-corrected chi connectivity index (χ0v) is 14.7. The van der Waals surface area contributed by atoms with Crippen molar-refractivity contribution < 1.29 is 19.1 Å². The molecule has 1 fully saturated rings. The third-order valence-electron chi connectivity index (χ3n) is 4.31. The first-order chi connectivity index (χ1) is 12.5. The maximum Gasteiger partial charge on any atom is 0.344 e. The lowest BCUT2D eigenvalue weighted by Gasteiger charge is -2.32. The molecule has 1 amide bonds. The van der Waals surface area contributed by atoms with Gasteiger partial charge < -0.3 is 14.8 Å². The van der Waals surface area contributed by atoms with Crippen molar-refractivity contribution in [3.63, 3.8) is 0 Å². The smallest absolute Gasteiger partial charge is 0.344 e. The van der Waals surface area contributed by atoms with Crippen molar-refractivity contribution in [1.82, 2.24) is 5.32 Å². The van der Waals surface area contributed by atoms with E-state index in [9.17, 15) is 14.9 Å². The Balaban J connectivity index is 1.85. The molecule has 1 atom stereocenters. The molecular weight excluding hydrogens is 334 g/mol. The molecule has 0 unspecified atom stereocenters. The first kappa shape index (κ1) is 19.3. The molecule has 0 bridgehead atoms. The third kappa shape index (κ3) is 4.97. The van der Waals surface area contributed by atoms with Crippen LogP contribution in [0.2, 0.25) is 0 Å². The van der Waals surface area contributed by atoms with Gasteiger partial charge >= 0.3 is 5.97 Å². The Hall–Kier alpha value is -3.06. The number of nitriles is 2. The molecule has 2 rings (SSSR count). The molecule has 1 saturated carbocycles. The lowest BCUT2D eigenvalue weighted by molar-refractivity contribution is -0.157. The number of para-hydroxylation sites is 1. The minimum absolute atomic E-state index is 0.273. The normalized spacial score (nSPS) is 16.4. The number of carbonyl (C=O) groups is 2. The molecule has 7 heteroatoms. The van der Waals surface area contributed by atoms with E-state index in [1.165, 1.54) is 6.92 Å². The van der Waals surface area contributed by atoms with E-state index in [0.29, 0.717) is 18.4 Å². The number of carbonyl (C=O) groups excluding carboxylic acids is 2. The predicted octanol–water partition coefficient (Wildman–Crippen LogP) is 2.21. The highest BCUT2D eigenvalue weighted by Gasteiger charge is 2.35. The van der Waals surface area contributed by atoms with Crippen LogP contribution in [-0.2, 0) is 14.3 Å². The van der Waals surface area contributed by atoms with Crippen molar-refractivity contribution in [1.29, 1.82) is 10.5 Å². The summed E-state index contributed by atoms with van der Waals surface area (Å²) in [5.41, 5.74) is -0.572. The van der Waals surface area contributed by atoms with Crippen molar-refractivity contribution in [2.45, 2.75) is 50.7 Å². The van der Waals surface area contributed by atoms with Gasteiger partial charge in [-0.15, -0.1) is 0 Å². The first-order valence-corrected chi connectivity index (χ1v) is 8.54. The second kappa shape index (κ2) is 8.87. The molecule has 1 aromatic rings. The first-order valence-electron chi connectivity index (χ1n) is 8.54. The van der Waals surface area contributed by atoms with Crippen molar-refractivity contribution in [2.75, 3.05) is 6.61 Å². The number of rotatable bonds is 6. The number of hydrogen-bond acceptors (Lipinski definition) is 6. The summed E-state index contributed by atoms with van der Waals surface area (Å²) in [7, 11) is 0. The van der Waals surface area contributed by atoms with Gasteiger partial charge in [-0.3, -0.25) is 4.79 Å². The van der Waals surface area contributed by atoms with Gasteiger partial charge in [0.15, 0.2) is 12.7 Å². The quantitative estimate of drug-likeness (QED) is 0.783. The van der Waals surface area contributed by atoms with Gasteiger partial charge in [0.2, 0.25) is 0 Å². The largest absolute Gasteiger partial charge is 0.481 e. The summed E-state index contributed by atoms with van der Waals surface area (Å²) in [5.74, 6) is -0.955. The van der Waals surface area contributed by atoms with Gasteiger partial charge in [0.25, 0.3) is 5.91 Å². The van der Waals surface area contributed by atoms with Crippen LogP contribution < -0.4 is 10.1 Å². The minimum atomic E-state index is -1.04. The Morgan fingerprint density at radius 2 is 1.92 bits per heavy atom. The molecule has 136 valence electrons. The number of hydrogen-bond donors (Lipinski definition) is 1. The Kier molecular flexibility index (Phi) is 6.57. The lowest BCUT2D eigenvalue weighted by Crippen LogP contribution is -2.52. The summed E-state index contributed by atoms with van der Waals surface area (Å²) in [6, 6.07) is 10.7. The van der Waals surface area contributed by atoms with E-state index in [2.05, 4.69) is 11.4 Å². The highest BCUT2D eigenvalue weighted by molar-refractivity contribution is 5.84. The summed E-state index contributed by atoms with van der Waals surface area (Å²) in [6.45, 7) is 1.03. The summed E-state index contributed by atoms with van der Waals surface area (Å²) in [5, 5.41) is 21.1. The summed E-state index contributed by atoms with van der Waals surface area (Å²) >= 11 is 0. The Labute approximate surface area is 152 Å². The number of ether oxygens (including phenoxy) is 2. The minimum Gasteiger partial charge on any atom is -0.481 e. The van der Waals surface area contributed by atoms with Crippen LogP contribution in [-0.4, -0.2) is 30.1 Å². The average Bonchev–Trinajstić information content (AvgIpc) is 2.67. The Morgan fingerprint density at radius 1 is 1.23 bits per heavy atom. The molecule has 0 aliphatic heterocycles. The van der Waals surface area contributed by atoms with Crippen molar-refractivity contribution in [3.05, 3.63) is 29.8 Å². The van der Waals surface area contributed by atoms with Gasteiger partial charge in [-0.2, -0.15) is 10.5 Å². The standard InChI is InChI=1S/C19H21N3O4/c1-14(18(24)22-19(13-21)9-5-2-6-10-19)26-17(23)12-25-16-8-4-3-7-15(16)11-20/h3-4,7-8,14H,2,5-6,9-10,12H2,1H3,(H,22,24)/t14-/m1/s1. The van der Waals surface area contributed by atoms with Crippen LogP contribution in [0.25, 0.3) is 0 Å². The topological polar surface area (TPSA) is 112 Å². The van der Waals surface area contributed by atoms with E-state index in [1.807, 2.05) is 6.07 Å². The second-order valence-electron chi connectivity index (χ2n) is 6.27. The average molecular weight is 355 g/mol. The van der Waals surface area contributed by atoms with Crippen LogP contribution in [0.5, 0.6) is 5.75 Å². The van der Waals surface area contributed by atoms with Gasteiger partial charge in [0, 0.05) is 0 Å². The molecule has 1 aliphatic carbocycles. The number of benzene rings is 1. The van der Waals surface area contributed by atoms with Crippen LogP contribution in [0.1, 0.15) is 44.6 Å². The molecule has 26 heavy (non-hydrogen) atoms. The monoisotopic (exact) mass is 355 g/mol. The van der Waals surface area contributed by atoms with Gasteiger partial charge in [-0.05, 0) is 31.9 Å². The van der Waals surface area contributed by atoms with Crippen LogP contribution in [0.4, 0.5) is 0 Å². The number of amides is 1. The number of esters is 1. The highest BCUT2D eigenvalue weighted by Crippen LogP contribution is 2.27. The van der Waals surface area contributed by atoms with E-state index in [1.54, 1.807) is 24.3 Å². The van der Waals surface area contributed by atoms with E-state index in [0.717, 1.165) is 19.3 Å². The molecule has 0 aromatic heterocycles. The second-order valence-corrected chi connectivity index (χ2v) is 6.27. The van der Waals surface area contributed by atoms with Gasteiger partial charge in [-0.25, -0.2) is 4.79 Å². The maximum absolute atomic E-state index is 12.3. The molecule has 1 N–H and O–H groups in total. The fraction of sp³-hybridized carbons (Fsp3) is 0.474. The fourth-order valence-corrected chi connectivity index (χ4v) is 2.86. The van der Waals surface area contributed by atoms with E-state index < -0.39 is 30.1 Å². The van der Waals surface area contributed by atoms with E-state index >= 15 is 0 Å². The van der Waals surface area contributed by atoms with Crippen molar-refractivity contribution >= 4 is 11.9 Å². The molecule has 0 heterocycles. The van der Waals surface area contributed by atoms with Gasteiger partial charge in [-0.1, -0.05) is 31.4 Å². The SMILES string of the molecule is C[C@@H](OC(=O)COc1ccccc1C#N)C(=O)NC1(C#N)CCCCC1. The molecule has 0 saturated heterocycles. The summed E-state index contributed by atoms with van der Waals surface area (Å²) in [6.07, 6.45) is 2.98. The Bertz CT molecular complexity index is 742. The number of nitrogens with one attached hydrogen (secondary N) is 1. The van der Waals surface area contributed by atoms with E-state index in [4.69, 9.17) is 14.7 Å². The third-order valence-corrected chi connectivity index (χ3v) is 4.31. The van der Waals surface area contributed by atoms with Gasteiger partial charge in [0.1, 0.15) is 17.4 Å². The van der Waals surface area contributed by atoms with Crippen molar-refractivity contribution in [3.8, 4) is 17.9 Å². The fourth-order valence-electron chi connectivity index (χ4n) is 2.86. The Morgan fingerprint density at radius 3 is 2.58 bits per heavy atom.